The molecule has 1 amide bonds. The lowest BCUT2D eigenvalue weighted by atomic mass is 10.1. The molecule has 1 N–H and O–H groups in total. The minimum atomic E-state index is 0.112. The number of thiazole rings is 1. The summed E-state index contributed by atoms with van der Waals surface area (Å²) in [6.45, 7) is 4.84. The van der Waals surface area contributed by atoms with Crippen molar-refractivity contribution in [2.45, 2.75) is 19.4 Å². The van der Waals surface area contributed by atoms with Gasteiger partial charge in [-0.05, 0) is 19.3 Å². The third-order valence-corrected chi connectivity index (χ3v) is 4.32. The van der Waals surface area contributed by atoms with E-state index in [1.54, 1.807) is 11.3 Å². The summed E-state index contributed by atoms with van der Waals surface area (Å²) in [5.74, 6) is 0.768. The molecule has 3 rings (SSSR count). The van der Waals surface area contributed by atoms with Crippen molar-refractivity contribution in [3.63, 3.8) is 0 Å². The number of nitrogens with zero attached hydrogens (tertiary/aromatic N) is 2. The number of aromatic nitrogens is 1. The summed E-state index contributed by atoms with van der Waals surface area (Å²) in [5, 5.41) is 6.18. The van der Waals surface area contributed by atoms with Crippen LogP contribution in [0.25, 0.3) is 0 Å². The number of hydrogen-bond acceptors (Lipinski definition) is 4. The van der Waals surface area contributed by atoms with Gasteiger partial charge in [0.2, 0.25) is 0 Å². The van der Waals surface area contributed by atoms with Gasteiger partial charge in [0.1, 0.15) is 5.69 Å². The van der Waals surface area contributed by atoms with Gasteiger partial charge in [-0.15, -0.1) is 11.3 Å². The molecule has 0 radical (unpaired) electrons. The molecule has 86 valence electrons. The van der Waals surface area contributed by atoms with Gasteiger partial charge in [-0.2, -0.15) is 0 Å². The Morgan fingerprint density at radius 1 is 1.62 bits per heavy atom. The second-order valence-corrected chi connectivity index (χ2v) is 5.59. The number of likely N-dealkylation sites (tertiary alicyclic amines) is 1. The summed E-state index contributed by atoms with van der Waals surface area (Å²) in [6.07, 6.45) is 1.13. The maximum Gasteiger partial charge on any atom is 0.273 e. The number of rotatable bonds is 1. The highest BCUT2D eigenvalue weighted by molar-refractivity contribution is 7.09. The lowest BCUT2D eigenvalue weighted by molar-refractivity contribution is 0.0731. The average Bonchev–Trinajstić information content (AvgIpc) is 2.90. The fourth-order valence-electron chi connectivity index (χ4n) is 2.71. The molecule has 0 spiro atoms. The quantitative estimate of drug-likeness (QED) is 0.789. The van der Waals surface area contributed by atoms with Gasteiger partial charge in [-0.25, -0.2) is 4.98 Å². The van der Waals surface area contributed by atoms with Crippen LogP contribution in [0.3, 0.4) is 0 Å². The van der Waals surface area contributed by atoms with E-state index in [0.29, 0.717) is 17.7 Å². The minimum Gasteiger partial charge on any atom is -0.333 e. The van der Waals surface area contributed by atoms with Crippen molar-refractivity contribution in [1.82, 2.24) is 15.2 Å². The van der Waals surface area contributed by atoms with Gasteiger partial charge in [0.05, 0.1) is 5.01 Å². The second kappa shape index (κ2) is 3.82. The molecule has 1 aromatic rings. The maximum atomic E-state index is 12.2. The van der Waals surface area contributed by atoms with Crippen LogP contribution in [0.2, 0.25) is 0 Å². The first kappa shape index (κ1) is 10.2. The summed E-state index contributed by atoms with van der Waals surface area (Å²) >= 11 is 1.54. The molecule has 0 bridgehead atoms. The fraction of sp³-hybridized carbons (Fsp3) is 0.636. The number of hydrogen-bond donors (Lipinski definition) is 1. The first-order valence-corrected chi connectivity index (χ1v) is 6.57. The van der Waals surface area contributed by atoms with Crippen LogP contribution in [0.4, 0.5) is 0 Å². The lowest BCUT2D eigenvalue weighted by Crippen LogP contribution is -2.39. The highest BCUT2D eigenvalue weighted by atomic mass is 32.1. The highest BCUT2D eigenvalue weighted by Crippen LogP contribution is 2.28. The van der Waals surface area contributed by atoms with Crippen molar-refractivity contribution in [3.05, 3.63) is 16.1 Å². The zero-order valence-electron chi connectivity index (χ0n) is 9.27. The first-order chi connectivity index (χ1) is 7.75. The Hall–Kier alpha value is -0.940. The highest BCUT2D eigenvalue weighted by Gasteiger charge is 2.40. The Balaban J connectivity index is 1.80. The van der Waals surface area contributed by atoms with Gasteiger partial charge >= 0.3 is 0 Å². The topological polar surface area (TPSA) is 45.2 Å². The lowest BCUT2D eigenvalue weighted by Gasteiger charge is -2.22. The molecule has 2 atom stereocenters. The summed E-state index contributed by atoms with van der Waals surface area (Å²) in [5.41, 5.74) is 0.620. The molecule has 2 fully saturated rings. The van der Waals surface area contributed by atoms with Gasteiger partial charge < -0.3 is 10.2 Å². The zero-order chi connectivity index (χ0) is 11.1. The average molecular weight is 237 g/mol. The maximum absolute atomic E-state index is 12.2. The van der Waals surface area contributed by atoms with Crippen LogP contribution >= 0.6 is 11.3 Å². The van der Waals surface area contributed by atoms with Gasteiger partial charge in [0.25, 0.3) is 5.91 Å². The fourth-order valence-corrected chi connectivity index (χ4v) is 3.30. The van der Waals surface area contributed by atoms with Crippen molar-refractivity contribution >= 4 is 17.2 Å². The molecule has 3 heterocycles. The van der Waals surface area contributed by atoms with Crippen LogP contribution in [0.5, 0.6) is 0 Å². The number of amides is 1. The molecule has 2 aliphatic rings. The molecule has 1 aromatic heterocycles. The van der Waals surface area contributed by atoms with E-state index in [1.807, 2.05) is 17.2 Å². The van der Waals surface area contributed by atoms with Crippen LogP contribution in [-0.4, -0.2) is 41.5 Å². The first-order valence-electron chi connectivity index (χ1n) is 5.69. The van der Waals surface area contributed by atoms with Crippen LogP contribution in [-0.2, 0) is 0 Å². The molecule has 2 aliphatic heterocycles. The Labute approximate surface area is 98.7 Å². The Morgan fingerprint density at radius 3 is 3.25 bits per heavy atom. The molecular formula is C11H15N3OS. The number of aryl methyl sites for hydroxylation is 1. The third kappa shape index (κ3) is 1.55. The SMILES string of the molecule is Cc1nc(C(=O)N2CC[C@H]3CNC[C@H]32)cs1. The Morgan fingerprint density at radius 2 is 2.50 bits per heavy atom. The van der Waals surface area contributed by atoms with Crippen LogP contribution in [0.1, 0.15) is 21.9 Å². The van der Waals surface area contributed by atoms with E-state index in [-0.39, 0.29) is 5.91 Å². The third-order valence-electron chi connectivity index (χ3n) is 3.54. The van der Waals surface area contributed by atoms with Gasteiger partial charge in [-0.3, -0.25) is 4.79 Å². The Kier molecular flexibility index (Phi) is 2.44. The van der Waals surface area contributed by atoms with Crippen LogP contribution < -0.4 is 5.32 Å². The number of carbonyl (C=O) groups is 1. The van der Waals surface area contributed by atoms with Gasteiger partial charge in [0.15, 0.2) is 0 Å². The van der Waals surface area contributed by atoms with E-state index in [0.717, 1.165) is 31.1 Å². The van der Waals surface area contributed by atoms with E-state index >= 15 is 0 Å². The standard InChI is InChI=1S/C11H15N3OS/c1-7-13-9(6-16-7)11(15)14-3-2-8-4-12-5-10(8)14/h6,8,10,12H,2-5H2,1H3/t8-,10+/m0/s1. The predicted molar refractivity (Wildman–Crippen MR) is 62.7 cm³/mol. The normalized spacial score (nSPS) is 28.4. The summed E-state index contributed by atoms with van der Waals surface area (Å²) < 4.78 is 0. The van der Waals surface area contributed by atoms with Crippen molar-refractivity contribution in [1.29, 1.82) is 0 Å². The van der Waals surface area contributed by atoms with E-state index in [2.05, 4.69) is 10.3 Å². The van der Waals surface area contributed by atoms with Crippen LogP contribution in [0.15, 0.2) is 5.38 Å². The number of fused-ring (bicyclic) bond motifs is 1. The zero-order valence-corrected chi connectivity index (χ0v) is 10.1. The number of nitrogens with one attached hydrogen (secondary N) is 1. The smallest absolute Gasteiger partial charge is 0.273 e. The molecule has 0 unspecified atom stereocenters. The van der Waals surface area contributed by atoms with Crippen molar-refractivity contribution in [2.24, 2.45) is 5.92 Å². The van der Waals surface area contributed by atoms with Crippen molar-refractivity contribution < 1.29 is 4.79 Å². The van der Waals surface area contributed by atoms with E-state index < -0.39 is 0 Å². The predicted octanol–water partition coefficient (Wildman–Crippen LogP) is 0.885. The van der Waals surface area contributed by atoms with Crippen LogP contribution in [0, 0.1) is 12.8 Å². The minimum absolute atomic E-state index is 0.112. The molecule has 2 saturated heterocycles. The summed E-state index contributed by atoms with van der Waals surface area (Å²) in [6, 6.07) is 0.398. The molecule has 16 heavy (non-hydrogen) atoms. The molecule has 0 saturated carbocycles. The van der Waals surface area contributed by atoms with E-state index in [4.69, 9.17) is 0 Å². The molecule has 5 heteroatoms. The monoisotopic (exact) mass is 237 g/mol. The Bertz CT molecular complexity index is 417. The van der Waals surface area contributed by atoms with E-state index in [9.17, 15) is 4.79 Å². The summed E-state index contributed by atoms with van der Waals surface area (Å²) in [7, 11) is 0. The van der Waals surface area contributed by atoms with Gasteiger partial charge in [-0.1, -0.05) is 0 Å². The van der Waals surface area contributed by atoms with Crippen molar-refractivity contribution in [2.75, 3.05) is 19.6 Å². The second-order valence-electron chi connectivity index (χ2n) is 4.52. The van der Waals surface area contributed by atoms with Gasteiger partial charge in [0, 0.05) is 31.1 Å². The van der Waals surface area contributed by atoms with Crippen molar-refractivity contribution in [3.8, 4) is 0 Å². The van der Waals surface area contributed by atoms with E-state index in [1.165, 1.54) is 0 Å². The molecular weight excluding hydrogens is 222 g/mol. The largest absolute Gasteiger partial charge is 0.333 e. The molecule has 0 aliphatic carbocycles. The number of carbonyl (C=O) groups excluding carboxylic acids is 1. The molecule has 4 nitrogen and oxygen atoms in total. The summed E-state index contributed by atoms with van der Waals surface area (Å²) in [4.78, 5) is 18.5. The molecule has 0 aromatic carbocycles.